The molecule has 1 aliphatic heterocycles. The lowest BCUT2D eigenvalue weighted by Gasteiger charge is -2.29. The highest BCUT2D eigenvalue weighted by Crippen LogP contribution is 2.27. The smallest absolute Gasteiger partial charge is 0.228 e. The molecule has 0 aromatic carbocycles. The Kier molecular flexibility index (Phi) is 5.73. The average molecular weight is 237 g/mol. The van der Waals surface area contributed by atoms with Crippen molar-refractivity contribution in [1.82, 2.24) is 4.90 Å². The molecule has 98 valence electrons. The molecule has 2 nitrogen and oxygen atoms in total. The number of carbonyl (C=O) groups is 1. The molecule has 0 bridgehead atoms. The van der Waals surface area contributed by atoms with Crippen molar-refractivity contribution < 1.29 is 4.79 Å². The summed E-state index contributed by atoms with van der Waals surface area (Å²) in [7, 11) is 0. The van der Waals surface area contributed by atoms with E-state index in [1.807, 2.05) is 4.90 Å². The minimum Gasteiger partial charge on any atom is -0.335 e. The van der Waals surface area contributed by atoms with E-state index in [1.54, 1.807) is 0 Å². The number of carbonyl (C=O) groups excluding carboxylic acids is 1. The number of hydrogen-bond acceptors (Lipinski definition) is 1. The van der Waals surface area contributed by atoms with Crippen LogP contribution in [0, 0.1) is 5.41 Å². The predicted octanol–water partition coefficient (Wildman–Crippen LogP) is 3.77. The van der Waals surface area contributed by atoms with E-state index < -0.39 is 0 Å². The van der Waals surface area contributed by atoms with Gasteiger partial charge in [-0.15, -0.1) is 0 Å². The lowest BCUT2D eigenvalue weighted by Crippen LogP contribution is -2.39. The van der Waals surface area contributed by atoms with E-state index >= 15 is 0 Å². The van der Waals surface area contributed by atoms with Crippen molar-refractivity contribution in [2.45, 2.75) is 59.3 Å². The fourth-order valence-electron chi connectivity index (χ4n) is 2.35. The van der Waals surface area contributed by atoms with Crippen LogP contribution in [0.3, 0.4) is 0 Å². The molecule has 0 spiro atoms. The first-order valence-corrected chi connectivity index (χ1v) is 7.02. The third-order valence-electron chi connectivity index (χ3n) is 3.59. The van der Waals surface area contributed by atoms with E-state index in [4.69, 9.17) is 0 Å². The molecule has 0 unspecified atom stereocenters. The van der Waals surface area contributed by atoms with Gasteiger partial charge in [0.15, 0.2) is 0 Å². The summed E-state index contributed by atoms with van der Waals surface area (Å²) in [6.45, 7) is 8.02. The largest absolute Gasteiger partial charge is 0.335 e. The Balaban J connectivity index is 2.26. The lowest BCUT2D eigenvalue weighted by molar-refractivity contribution is -0.139. The van der Waals surface area contributed by atoms with Crippen molar-refractivity contribution in [3.05, 3.63) is 12.2 Å². The summed E-state index contributed by atoms with van der Waals surface area (Å²) in [5, 5.41) is 0. The van der Waals surface area contributed by atoms with Gasteiger partial charge in [0.05, 0.1) is 0 Å². The second-order valence-electron chi connectivity index (χ2n) is 5.73. The Labute approximate surface area is 106 Å². The second kappa shape index (κ2) is 6.83. The molecule has 0 saturated carbocycles. The van der Waals surface area contributed by atoms with Gasteiger partial charge in [-0.25, -0.2) is 0 Å². The SMILES string of the molecule is CCCCCCCC(C)(C)C(=O)N1CC=CC1. The third kappa shape index (κ3) is 4.53. The van der Waals surface area contributed by atoms with Crippen molar-refractivity contribution in [3.8, 4) is 0 Å². The molecular formula is C15H27NO. The molecule has 0 saturated heterocycles. The fourth-order valence-corrected chi connectivity index (χ4v) is 2.35. The van der Waals surface area contributed by atoms with Crippen molar-refractivity contribution in [1.29, 1.82) is 0 Å². The summed E-state index contributed by atoms with van der Waals surface area (Å²) in [4.78, 5) is 14.2. The molecule has 0 aliphatic carbocycles. The molecule has 0 aromatic rings. The van der Waals surface area contributed by atoms with Crippen LogP contribution in [0.2, 0.25) is 0 Å². The second-order valence-corrected chi connectivity index (χ2v) is 5.73. The van der Waals surface area contributed by atoms with Crippen LogP contribution in [0.15, 0.2) is 12.2 Å². The molecule has 0 N–H and O–H groups in total. The maximum absolute atomic E-state index is 12.3. The normalized spacial score (nSPS) is 15.6. The Morgan fingerprint density at radius 2 is 1.71 bits per heavy atom. The molecule has 1 rings (SSSR count). The standard InChI is InChI=1S/C15H27NO/c1-4-5-6-7-8-11-15(2,3)14(17)16-12-9-10-13-16/h9-10H,4-8,11-13H2,1-3H3. The summed E-state index contributed by atoms with van der Waals surface area (Å²) in [5.74, 6) is 0.318. The first-order valence-electron chi connectivity index (χ1n) is 7.02. The van der Waals surface area contributed by atoms with Crippen molar-refractivity contribution in [3.63, 3.8) is 0 Å². The summed E-state index contributed by atoms with van der Waals surface area (Å²) in [5.41, 5.74) is -0.182. The number of amides is 1. The van der Waals surface area contributed by atoms with Crippen LogP contribution in [0.4, 0.5) is 0 Å². The number of rotatable bonds is 7. The van der Waals surface area contributed by atoms with Crippen molar-refractivity contribution in [2.75, 3.05) is 13.1 Å². The molecule has 0 radical (unpaired) electrons. The Morgan fingerprint density at radius 3 is 2.29 bits per heavy atom. The van der Waals surface area contributed by atoms with Gasteiger partial charge in [0, 0.05) is 18.5 Å². The maximum Gasteiger partial charge on any atom is 0.228 e. The highest BCUT2D eigenvalue weighted by Gasteiger charge is 2.31. The quantitative estimate of drug-likeness (QED) is 0.487. The monoisotopic (exact) mass is 237 g/mol. The Bertz CT molecular complexity index is 260. The number of unbranched alkanes of at least 4 members (excludes halogenated alkanes) is 4. The van der Waals surface area contributed by atoms with Gasteiger partial charge in [0.25, 0.3) is 0 Å². The van der Waals surface area contributed by atoms with Crippen molar-refractivity contribution >= 4 is 5.91 Å². The van der Waals surface area contributed by atoms with E-state index in [1.165, 1.54) is 32.1 Å². The van der Waals surface area contributed by atoms with E-state index in [0.717, 1.165) is 19.5 Å². The summed E-state index contributed by atoms with van der Waals surface area (Å²) in [6.07, 6.45) is 11.5. The molecule has 0 aromatic heterocycles. The molecule has 0 atom stereocenters. The third-order valence-corrected chi connectivity index (χ3v) is 3.59. The summed E-state index contributed by atoms with van der Waals surface area (Å²) in [6, 6.07) is 0. The highest BCUT2D eigenvalue weighted by molar-refractivity contribution is 5.82. The van der Waals surface area contributed by atoms with E-state index in [-0.39, 0.29) is 5.41 Å². The summed E-state index contributed by atoms with van der Waals surface area (Å²) >= 11 is 0. The highest BCUT2D eigenvalue weighted by atomic mass is 16.2. The van der Waals surface area contributed by atoms with Gasteiger partial charge in [-0.2, -0.15) is 0 Å². The predicted molar refractivity (Wildman–Crippen MR) is 72.9 cm³/mol. The van der Waals surface area contributed by atoms with Crippen molar-refractivity contribution in [2.24, 2.45) is 5.41 Å². The minimum absolute atomic E-state index is 0.182. The van der Waals surface area contributed by atoms with Gasteiger partial charge in [-0.1, -0.05) is 65.0 Å². The Morgan fingerprint density at radius 1 is 1.12 bits per heavy atom. The van der Waals surface area contributed by atoms with E-state index in [9.17, 15) is 4.79 Å². The molecule has 1 heterocycles. The molecular weight excluding hydrogens is 210 g/mol. The molecule has 17 heavy (non-hydrogen) atoms. The van der Waals surface area contributed by atoms with Crippen LogP contribution < -0.4 is 0 Å². The lowest BCUT2D eigenvalue weighted by atomic mass is 9.85. The molecule has 1 amide bonds. The van der Waals surface area contributed by atoms with Crippen LogP contribution in [-0.4, -0.2) is 23.9 Å². The fraction of sp³-hybridized carbons (Fsp3) is 0.800. The minimum atomic E-state index is -0.182. The van der Waals surface area contributed by atoms with Gasteiger partial charge in [0.2, 0.25) is 5.91 Å². The van der Waals surface area contributed by atoms with Crippen LogP contribution in [0.25, 0.3) is 0 Å². The maximum atomic E-state index is 12.3. The number of hydrogen-bond donors (Lipinski definition) is 0. The molecule has 0 fully saturated rings. The first-order chi connectivity index (χ1) is 8.08. The zero-order valence-corrected chi connectivity index (χ0v) is 11.7. The average Bonchev–Trinajstić information content (AvgIpc) is 2.81. The number of nitrogens with zero attached hydrogens (tertiary/aromatic N) is 1. The van der Waals surface area contributed by atoms with Gasteiger partial charge >= 0.3 is 0 Å². The Hall–Kier alpha value is -0.790. The molecule has 1 aliphatic rings. The zero-order chi connectivity index (χ0) is 12.7. The van der Waals surface area contributed by atoms with E-state index in [0.29, 0.717) is 5.91 Å². The zero-order valence-electron chi connectivity index (χ0n) is 11.7. The molecule has 2 heteroatoms. The van der Waals surface area contributed by atoms with E-state index in [2.05, 4.69) is 32.9 Å². The van der Waals surface area contributed by atoms with Crippen LogP contribution in [-0.2, 0) is 4.79 Å². The van der Waals surface area contributed by atoms with Gasteiger partial charge in [-0.05, 0) is 6.42 Å². The van der Waals surface area contributed by atoms with Crippen LogP contribution in [0.5, 0.6) is 0 Å². The van der Waals surface area contributed by atoms with Crippen LogP contribution >= 0.6 is 0 Å². The summed E-state index contributed by atoms with van der Waals surface area (Å²) < 4.78 is 0. The topological polar surface area (TPSA) is 20.3 Å². The van der Waals surface area contributed by atoms with Gasteiger partial charge < -0.3 is 4.90 Å². The van der Waals surface area contributed by atoms with Crippen LogP contribution in [0.1, 0.15) is 59.3 Å². The van der Waals surface area contributed by atoms with Gasteiger partial charge in [-0.3, -0.25) is 4.79 Å². The first kappa shape index (κ1) is 14.3. The van der Waals surface area contributed by atoms with Gasteiger partial charge in [0.1, 0.15) is 0 Å².